The third kappa shape index (κ3) is 3.77. The summed E-state index contributed by atoms with van der Waals surface area (Å²) in [6.07, 6.45) is 1.80. The van der Waals surface area contributed by atoms with Crippen LogP contribution in [0, 0.1) is 0 Å². The van der Waals surface area contributed by atoms with Crippen LogP contribution in [0.5, 0.6) is 0 Å². The van der Waals surface area contributed by atoms with Crippen LogP contribution < -0.4 is 11.1 Å². The van der Waals surface area contributed by atoms with Gasteiger partial charge in [0.25, 0.3) is 0 Å². The molecule has 2 heterocycles. The number of hydrogen-bond donors (Lipinski definition) is 2. The van der Waals surface area contributed by atoms with Gasteiger partial charge in [-0.1, -0.05) is 20.8 Å². The summed E-state index contributed by atoms with van der Waals surface area (Å²) in [5.74, 6) is 0.319. The van der Waals surface area contributed by atoms with Gasteiger partial charge in [0, 0.05) is 10.8 Å². The van der Waals surface area contributed by atoms with Gasteiger partial charge in [-0.05, 0) is 12.1 Å². The molecule has 0 atom stereocenters. The van der Waals surface area contributed by atoms with E-state index in [0.29, 0.717) is 11.5 Å². The predicted octanol–water partition coefficient (Wildman–Crippen LogP) is 2.60. The van der Waals surface area contributed by atoms with Crippen molar-refractivity contribution in [1.82, 2.24) is 9.97 Å². The van der Waals surface area contributed by atoms with Crippen LogP contribution in [-0.2, 0) is 16.6 Å². The van der Waals surface area contributed by atoms with Crippen LogP contribution >= 0.6 is 11.3 Å². The average molecular weight is 290 g/mol. The van der Waals surface area contributed by atoms with E-state index in [1.54, 1.807) is 23.5 Å². The van der Waals surface area contributed by atoms with Crippen molar-refractivity contribution >= 4 is 28.7 Å². The Balaban J connectivity index is 1.98. The predicted molar refractivity (Wildman–Crippen MR) is 81.8 cm³/mol. The molecule has 3 N–H and O–H groups in total. The Morgan fingerprint density at radius 3 is 2.70 bits per heavy atom. The maximum Gasteiger partial charge on any atom is 0.230 e. The maximum atomic E-state index is 11.9. The van der Waals surface area contributed by atoms with Crippen LogP contribution in [0.25, 0.3) is 0 Å². The molecule has 2 aromatic rings. The van der Waals surface area contributed by atoms with E-state index in [4.69, 9.17) is 5.73 Å². The van der Waals surface area contributed by atoms with Crippen LogP contribution in [0.4, 0.5) is 11.5 Å². The number of pyridine rings is 1. The Kier molecular flexibility index (Phi) is 4.04. The molecule has 2 aromatic heterocycles. The number of nitrogen functional groups attached to an aromatic ring is 1. The Hall–Kier alpha value is -1.95. The number of amides is 1. The summed E-state index contributed by atoms with van der Waals surface area (Å²) in [6, 6.07) is 3.37. The summed E-state index contributed by atoms with van der Waals surface area (Å²) in [7, 11) is 0. The maximum absolute atomic E-state index is 11.9. The summed E-state index contributed by atoms with van der Waals surface area (Å²) < 4.78 is 0. The molecule has 0 bridgehead atoms. The SMILES string of the molecule is CC(C)(C)c1nc(CC(=O)Nc2ccc(N)nc2)cs1. The van der Waals surface area contributed by atoms with Gasteiger partial charge < -0.3 is 11.1 Å². The molecule has 0 aliphatic carbocycles. The van der Waals surface area contributed by atoms with Crippen molar-refractivity contribution < 1.29 is 4.79 Å². The summed E-state index contributed by atoms with van der Waals surface area (Å²) in [4.78, 5) is 20.3. The van der Waals surface area contributed by atoms with E-state index in [-0.39, 0.29) is 17.7 Å². The highest BCUT2D eigenvalue weighted by Gasteiger charge is 2.18. The van der Waals surface area contributed by atoms with Crippen molar-refractivity contribution in [3.63, 3.8) is 0 Å². The Labute approximate surface area is 122 Å². The van der Waals surface area contributed by atoms with E-state index < -0.39 is 0 Å². The van der Waals surface area contributed by atoms with Crippen LogP contribution in [0.15, 0.2) is 23.7 Å². The second-order valence-electron chi connectivity index (χ2n) is 5.59. The summed E-state index contributed by atoms with van der Waals surface area (Å²) >= 11 is 1.59. The minimum atomic E-state index is -0.109. The standard InChI is InChI=1S/C14H18N4OS/c1-14(2,3)13-18-10(8-20-13)6-12(19)17-9-4-5-11(15)16-7-9/h4-5,7-8H,6H2,1-3H3,(H2,15,16)(H,17,19). The quantitative estimate of drug-likeness (QED) is 0.910. The van der Waals surface area contributed by atoms with Gasteiger partial charge in [-0.2, -0.15) is 0 Å². The normalized spacial score (nSPS) is 11.3. The first-order chi connectivity index (χ1) is 9.34. The summed E-state index contributed by atoms with van der Waals surface area (Å²) in [6.45, 7) is 6.32. The van der Waals surface area contributed by atoms with Gasteiger partial charge in [-0.25, -0.2) is 9.97 Å². The Morgan fingerprint density at radius 1 is 1.40 bits per heavy atom. The molecule has 0 aromatic carbocycles. The number of nitrogens with zero attached hydrogens (tertiary/aromatic N) is 2. The van der Waals surface area contributed by atoms with Gasteiger partial charge in [0.1, 0.15) is 5.82 Å². The van der Waals surface area contributed by atoms with E-state index >= 15 is 0 Å². The zero-order valence-corrected chi connectivity index (χ0v) is 12.6. The van der Waals surface area contributed by atoms with Crippen LogP contribution in [-0.4, -0.2) is 15.9 Å². The Bertz CT molecular complexity index is 598. The van der Waals surface area contributed by atoms with Gasteiger partial charge in [-0.15, -0.1) is 11.3 Å². The Morgan fingerprint density at radius 2 is 2.15 bits per heavy atom. The topological polar surface area (TPSA) is 80.9 Å². The molecule has 0 aliphatic heterocycles. The fourth-order valence-electron chi connectivity index (χ4n) is 1.58. The zero-order valence-electron chi connectivity index (χ0n) is 11.8. The van der Waals surface area contributed by atoms with Gasteiger partial charge in [0.2, 0.25) is 5.91 Å². The molecule has 0 saturated heterocycles. The lowest BCUT2D eigenvalue weighted by molar-refractivity contribution is -0.115. The molecule has 2 rings (SSSR count). The van der Waals surface area contributed by atoms with E-state index in [0.717, 1.165) is 10.7 Å². The van der Waals surface area contributed by atoms with Gasteiger partial charge in [0.05, 0.1) is 29.0 Å². The van der Waals surface area contributed by atoms with Crippen molar-refractivity contribution in [2.75, 3.05) is 11.1 Å². The first kappa shape index (κ1) is 14.5. The third-order valence-corrected chi connectivity index (χ3v) is 3.92. The summed E-state index contributed by atoms with van der Waals surface area (Å²) in [5.41, 5.74) is 6.93. The molecule has 0 fully saturated rings. The average Bonchev–Trinajstić information content (AvgIpc) is 2.80. The third-order valence-electron chi connectivity index (χ3n) is 2.61. The highest BCUT2D eigenvalue weighted by Crippen LogP contribution is 2.25. The zero-order chi connectivity index (χ0) is 14.8. The minimum absolute atomic E-state index is 0.0142. The number of hydrogen-bond acceptors (Lipinski definition) is 5. The lowest BCUT2D eigenvalue weighted by Crippen LogP contribution is -2.15. The summed E-state index contributed by atoms with van der Waals surface area (Å²) in [5, 5.41) is 5.74. The first-order valence-corrected chi connectivity index (χ1v) is 7.19. The number of nitrogens with two attached hydrogens (primary N) is 1. The number of nitrogens with one attached hydrogen (secondary N) is 1. The lowest BCUT2D eigenvalue weighted by Gasteiger charge is -2.13. The van der Waals surface area contributed by atoms with Crippen molar-refractivity contribution in [3.05, 3.63) is 34.4 Å². The second-order valence-corrected chi connectivity index (χ2v) is 6.45. The van der Waals surface area contributed by atoms with Crippen molar-refractivity contribution in [3.8, 4) is 0 Å². The number of thiazole rings is 1. The van der Waals surface area contributed by atoms with E-state index in [1.165, 1.54) is 6.20 Å². The van der Waals surface area contributed by atoms with Gasteiger partial charge in [-0.3, -0.25) is 4.79 Å². The molecule has 1 amide bonds. The molecule has 0 unspecified atom stereocenters. The molecule has 0 saturated carbocycles. The minimum Gasteiger partial charge on any atom is -0.384 e. The monoisotopic (exact) mass is 290 g/mol. The molecular formula is C14H18N4OS. The molecule has 0 spiro atoms. The smallest absolute Gasteiger partial charge is 0.230 e. The number of carbonyl (C=O) groups is 1. The molecule has 20 heavy (non-hydrogen) atoms. The molecule has 106 valence electrons. The van der Waals surface area contributed by atoms with Crippen molar-refractivity contribution in [2.24, 2.45) is 0 Å². The molecule has 0 aliphatic rings. The molecule has 6 heteroatoms. The van der Waals surface area contributed by atoms with Crippen LogP contribution in [0.1, 0.15) is 31.5 Å². The largest absolute Gasteiger partial charge is 0.384 e. The van der Waals surface area contributed by atoms with Crippen LogP contribution in [0.3, 0.4) is 0 Å². The highest BCUT2D eigenvalue weighted by molar-refractivity contribution is 7.09. The van der Waals surface area contributed by atoms with Gasteiger partial charge >= 0.3 is 0 Å². The van der Waals surface area contributed by atoms with Gasteiger partial charge in [0.15, 0.2) is 0 Å². The number of aromatic nitrogens is 2. The lowest BCUT2D eigenvalue weighted by atomic mass is 9.98. The van der Waals surface area contributed by atoms with E-state index in [9.17, 15) is 4.79 Å². The number of anilines is 2. The number of carbonyl (C=O) groups excluding carboxylic acids is 1. The van der Waals surface area contributed by atoms with E-state index in [2.05, 4.69) is 36.1 Å². The van der Waals surface area contributed by atoms with E-state index in [1.807, 2.05) is 5.38 Å². The number of rotatable bonds is 3. The van der Waals surface area contributed by atoms with Crippen molar-refractivity contribution in [2.45, 2.75) is 32.6 Å². The van der Waals surface area contributed by atoms with Crippen molar-refractivity contribution in [1.29, 1.82) is 0 Å². The molecule has 5 nitrogen and oxygen atoms in total. The van der Waals surface area contributed by atoms with Crippen LogP contribution in [0.2, 0.25) is 0 Å². The fraction of sp³-hybridized carbons (Fsp3) is 0.357. The highest BCUT2D eigenvalue weighted by atomic mass is 32.1. The second kappa shape index (κ2) is 5.58. The molecule has 0 radical (unpaired) electrons. The molecular weight excluding hydrogens is 272 g/mol. The first-order valence-electron chi connectivity index (χ1n) is 6.31. The fourth-order valence-corrected chi connectivity index (χ4v) is 2.49.